The van der Waals surface area contributed by atoms with E-state index < -0.39 is 0 Å². The molecule has 2 heterocycles. The molecular weight excluding hydrogens is 386 g/mol. The molecule has 0 amide bonds. The molecule has 0 unspecified atom stereocenters. The Hall–Kier alpha value is -1.85. The van der Waals surface area contributed by atoms with Crippen LogP contribution in [0, 0.1) is 18.3 Å². The SMILES string of the molecule is COc1cccc(-c2nc(CO)c(N3CCC4(CCC[C@H]4C)CC3)nc2C)c1Cl. The van der Waals surface area contributed by atoms with Crippen molar-refractivity contribution in [1.29, 1.82) is 0 Å². The monoisotopic (exact) mass is 415 g/mol. The molecule has 2 aliphatic rings. The normalized spacial score (nSPS) is 21.0. The number of rotatable bonds is 4. The number of anilines is 1. The first-order valence-corrected chi connectivity index (χ1v) is 10.9. The molecule has 0 radical (unpaired) electrons. The first-order valence-electron chi connectivity index (χ1n) is 10.6. The molecule has 1 saturated heterocycles. The van der Waals surface area contributed by atoms with E-state index in [9.17, 15) is 5.11 Å². The standard InChI is InChI=1S/C23H30ClN3O2/c1-15-6-5-9-23(15)10-12-27(13-11-23)22-18(14-28)26-21(16(2)25-22)17-7-4-8-19(29-3)20(17)24/h4,7-8,15,28H,5-6,9-14H2,1-3H3/t15-/m1/s1. The van der Waals surface area contributed by atoms with E-state index >= 15 is 0 Å². The molecule has 4 rings (SSSR count). The summed E-state index contributed by atoms with van der Waals surface area (Å²) >= 11 is 6.52. The maximum Gasteiger partial charge on any atom is 0.153 e. The maximum absolute atomic E-state index is 10.0. The highest BCUT2D eigenvalue weighted by atomic mass is 35.5. The number of hydrogen-bond acceptors (Lipinski definition) is 5. The van der Waals surface area contributed by atoms with Crippen LogP contribution in [0.2, 0.25) is 5.02 Å². The summed E-state index contributed by atoms with van der Waals surface area (Å²) in [6.07, 6.45) is 6.47. The minimum absolute atomic E-state index is 0.144. The van der Waals surface area contributed by atoms with Gasteiger partial charge in [-0.1, -0.05) is 43.5 Å². The van der Waals surface area contributed by atoms with Crippen molar-refractivity contribution in [3.63, 3.8) is 0 Å². The van der Waals surface area contributed by atoms with E-state index in [0.29, 0.717) is 27.6 Å². The molecule has 1 aliphatic heterocycles. The van der Waals surface area contributed by atoms with Crippen LogP contribution in [0.15, 0.2) is 18.2 Å². The number of hydrogen-bond donors (Lipinski definition) is 1. The van der Waals surface area contributed by atoms with Crippen LogP contribution >= 0.6 is 11.6 Å². The summed E-state index contributed by atoms with van der Waals surface area (Å²) in [6.45, 7) is 6.18. The number of ether oxygens (including phenoxy) is 1. The topological polar surface area (TPSA) is 58.5 Å². The van der Waals surface area contributed by atoms with Crippen LogP contribution in [0.3, 0.4) is 0 Å². The summed E-state index contributed by atoms with van der Waals surface area (Å²) in [6, 6.07) is 5.62. The van der Waals surface area contributed by atoms with Gasteiger partial charge in [0.2, 0.25) is 0 Å². The summed E-state index contributed by atoms with van der Waals surface area (Å²) in [5.41, 5.74) is 3.39. The van der Waals surface area contributed by atoms with Crippen molar-refractivity contribution in [2.24, 2.45) is 11.3 Å². The second kappa shape index (κ2) is 8.11. The van der Waals surface area contributed by atoms with Crippen LogP contribution in [0.1, 0.15) is 50.4 Å². The van der Waals surface area contributed by atoms with Gasteiger partial charge < -0.3 is 14.7 Å². The molecule has 6 heteroatoms. The number of aliphatic hydroxyl groups is 1. The van der Waals surface area contributed by atoms with E-state index in [0.717, 1.165) is 36.1 Å². The van der Waals surface area contributed by atoms with Crippen LogP contribution in [0.5, 0.6) is 5.75 Å². The molecule has 1 aromatic carbocycles. The van der Waals surface area contributed by atoms with Crippen LogP contribution in [0.4, 0.5) is 5.82 Å². The van der Waals surface area contributed by atoms with Crippen molar-refractivity contribution in [3.8, 4) is 17.0 Å². The Bertz CT molecular complexity index is 894. The van der Waals surface area contributed by atoms with E-state index in [1.54, 1.807) is 7.11 Å². The van der Waals surface area contributed by atoms with Gasteiger partial charge in [-0.3, -0.25) is 0 Å². The second-order valence-corrected chi connectivity index (χ2v) is 8.93. The fourth-order valence-corrected chi connectivity index (χ4v) is 5.52. The fraction of sp³-hybridized carbons (Fsp3) is 0.565. The summed E-state index contributed by atoms with van der Waals surface area (Å²) in [5.74, 6) is 2.23. The zero-order chi connectivity index (χ0) is 20.6. The number of aromatic nitrogens is 2. The number of nitrogens with zero attached hydrogens (tertiary/aromatic N) is 3. The Morgan fingerprint density at radius 2 is 2.00 bits per heavy atom. The molecule has 1 atom stereocenters. The fourth-order valence-electron chi connectivity index (χ4n) is 5.23. The Morgan fingerprint density at radius 1 is 1.24 bits per heavy atom. The van der Waals surface area contributed by atoms with Gasteiger partial charge in [-0.2, -0.15) is 0 Å². The van der Waals surface area contributed by atoms with E-state index in [1.165, 1.54) is 32.1 Å². The third-order valence-electron chi connectivity index (χ3n) is 7.13. The van der Waals surface area contributed by atoms with Crippen molar-refractivity contribution in [3.05, 3.63) is 34.6 Å². The molecule has 1 aliphatic carbocycles. The molecule has 2 aromatic rings. The van der Waals surface area contributed by atoms with Crippen molar-refractivity contribution in [2.75, 3.05) is 25.1 Å². The van der Waals surface area contributed by atoms with Gasteiger partial charge in [-0.05, 0) is 43.6 Å². The Morgan fingerprint density at radius 3 is 2.62 bits per heavy atom. The number of aliphatic hydroxyl groups excluding tert-OH is 1. The first-order chi connectivity index (χ1) is 14.0. The predicted molar refractivity (Wildman–Crippen MR) is 117 cm³/mol. The molecule has 1 saturated carbocycles. The third-order valence-corrected chi connectivity index (χ3v) is 7.52. The van der Waals surface area contributed by atoms with Gasteiger partial charge in [0.1, 0.15) is 11.4 Å². The van der Waals surface area contributed by atoms with Crippen LogP contribution < -0.4 is 9.64 Å². The molecule has 1 N–H and O–H groups in total. The zero-order valence-corrected chi connectivity index (χ0v) is 18.3. The summed E-state index contributed by atoms with van der Waals surface area (Å²) in [5, 5.41) is 10.6. The Kier molecular flexibility index (Phi) is 5.71. The molecule has 0 bridgehead atoms. The van der Waals surface area contributed by atoms with Crippen molar-refractivity contribution in [2.45, 2.75) is 52.6 Å². The van der Waals surface area contributed by atoms with E-state index in [-0.39, 0.29) is 6.61 Å². The van der Waals surface area contributed by atoms with Gasteiger partial charge in [-0.25, -0.2) is 9.97 Å². The quantitative estimate of drug-likeness (QED) is 0.760. The predicted octanol–water partition coefficient (Wildman–Crippen LogP) is 5.01. The summed E-state index contributed by atoms with van der Waals surface area (Å²) in [7, 11) is 1.60. The Balaban J connectivity index is 1.64. The van der Waals surface area contributed by atoms with Gasteiger partial charge in [0, 0.05) is 18.7 Å². The van der Waals surface area contributed by atoms with Gasteiger partial charge in [0.15, 0.2) is 5.82 Å². The largest absolute Gasteiger partial charge is 0.495 e. The first kappa shape index (κ1) is 20.4. The summed E-state index contributed by atoms with van der Waals surface area (Å²) in [4.78, 5) is 12.0. The van der Waals surface area contributed by atoms with Crippen LogP contribution in [-0.4, -0.2) is 35.3 Å². The minimum atomic E-state index is -0.144. The lowest BCUT2D eigenvalue weighted by atomic mass is 9.71. The summed E-state index contributed by atoms with van der Waals surface area (Å²) < 4.78 is 5.34. The lowest BCUT2D eigenvalue weighted by molar-refractivity contribution is 0.161. The molecule has 5 nitrogen and oxygen atoms in total. The number of piperidine rings is 1. The van der Waals surface area contributed by atoms with E-state index in [1.807, 2.05) is 25.1 Å². The molecule has 29 heavy (non-hydrogen) atoms. The van der Waals surface area contributed by atoms with Gasteiger partial charge in [0.05, 0.1) is 30.1 Å². The Labute approximate surface area is 178 Å². The average Bonchev–Trinajstić information content (AvgIpc) is 3.08. The highest BCUT2D eigenvalue weighted by Gasteiger charge is 2.42. The maximum atomic E-state index is 10.0. The molecule has 1 aromatic heterocycles. The highest BCUT2D eigenvalue weighted by Crippen LogP contribution is 2.50. The van der Waals surface area contributed by atoms with Gasteiger partial charge in [-0.15, -0.1) is 0 Å². The average molecular weight is 416 g/mol. The van der Waals surface area contributed by atoms with Gasteiger partial charge in [0.25, 0.3) is 0 Å². The molecule has 2 fully saturated rings. The number of aryl methyl sites for hydroxylation is 1. The van der Waals surface area contributed by atoms with E-state index in [4.69, 9.17) is 26.3 Å². The zero-order valence-electron chi connectivity index (χ0n) is 17.5. The van der Waals surface area contributed by atoms with E-state index in [2.05, 4.69) is 11.8 Å². The second-order valence-electron chi connectivity index (χ2n) is 8.55. The van der Waals surface area contributed by atoms with Crippen molar-refractivity contribution < 1.29 is 9.84 Å². The number of benzene rings is 1. The minimum Gasteiger partial charge on any atom is -0.495 e. The van der Waals surface area contributed by atoms with Crippen LogP contribution in [0.25, 0.3) is 11.3 Å². The number of halogens is 1. The van der Waals surface area contributed by atoms with Crippen LogP contribution in [-0.2, 0) is 6.61 Å². The van der Waals surface area contributed by atoms with Crippen molar-refractivity contribution >= 4 is 17.4 Å². The smallest absolute Gasteiger partial charge is 0.153 e. The lowest BCUT2D eigenvalue weighted by Gasteiger charge is -2.43. The number of methoxy groups -OCH3 is 1. The molecule has 156 valence electrons. The van der Waals surface area contributed by atoms with Crippen molar-refractivity contribution in [1.82, 2.24) is 9.97 Å². The molecular formula is C23H30ClN3O2. The molecule has 1 spiro atoms. The lowest BCUT2D eigenvalue weighted by Crippen LogP contribution is -2.42. The third kappa shape index (κ3) is 3.59. The van der Waals surface area contributed by atoms with Gasteiger partial charge >= 0.3 is 0 Å². The highest BCUT2D eigenvalue weighted by molar-refractivity contribution is 6.34.